The van der Waals surface area contributed by atoms with Crippen molar-refractivity contribution in [1.29, 1.82) is 0 Å². The van der Waals surface area contributed by atoms with Crippen LogP contribution in [0.3, 0.4) is 0 Å². The zero-order chi connectivity index (χ0) is 26.0. The summed E-state index contributed by atoms with van der Waals surface area (Å²) in [4.78, 5) is 44.4. The van der Waals surface area contributed by atoms with E-state index < -0.39 is 29.7 Å². The van der Waals surface area contributed by atoms with Gasteiger partial charge in [0.2, 0.25) is 6.29 Å². The Kier molecular flexibility index (Phi) is 7.51. The van der Waals surface area contributed by atoms with Crippen molar-refractivity contribution in [1.82, 2.24) is 4.90 Å². The molecule has 2 heterocycles. The van der Waals surface area contributed by atoms with Crippen molar-refractivity contribution < 1.29 is 28.6 Å². The second-order valence-corrected chi connectivity index (χ2v) is 10.9. The molecule has 8 nitrogen and oxygen atoms in total. The molecule has 36 heavy (non-hydrogen) atoms. The Morgan fingerprint density at radius 1 is 1.17 bits per heavy atom. The lowest BCUT2D eigenvalue weighted by Gasteiger charge is -2.48. The molecule has 1 amide bonds. The van der Waals surface area contributed by atoms with E-state index in [2.05, 4.69) is 4.99 Å². The highest BCUT2D eigenvalue weighted by molar-refractivity contribution is 8.00. The van der Waals surface area contributed by atoms with Crippen molar-refractivity contribution >= 4 is 46.6 Å². The zero-order valence-electron chi connectivity index (χ0n) is 21.0. The summed E-state index contributed by atoms with van der Waals surface area (Å²) in [6.07, 6.45) is 0.597. The van der Waals surface area contributed by atoms with Crippen LogP contribution in [0.1, 0.15) is 33.3 Å². The maximum absolute atomic E-state index is 13.1. The number of carbonyl (C=O) groups excluding carboxylic acids is 3. The third-order valence-electron chi connectivity index (χ3n) is 5.85. The highest BCUT2D eigenvalue weighted by atomic mass is 32.2. The fourth-order valence-corrected chi connectivity index (χ4v) is 5.27. The van der Waals surface area contributed by atoms with Crippen LogP contribution < -0.4 is 0 Å². The number of carbonyl (C=O) groups is 3. The van der Waals surface area contributed by atoms with Gasteiger partial charge in [-0.15, -0.1) is 11.8 Å². The Labute approximate surface area is 214 Å². The fourth-order valence-electron chi connectivity index (χ4n) is 3.95. The molecular weight excluding hydrogens is 480 g/mol. The molecule has 1 saturated heterocycles. The topological polar surface area (TPSA) is 94.5 Å². The fraction of sp³-hybridized carbons (Fsp3) is 0.407. The monoisotopic (exact) mass is 510 g/mol. The minimum absolute atomic E-state index is 0.140. The first-order chi connectivity index (χ1) is 17.1. The average molecular weight is 511 g/mol. The lowest BCUT2D eigenvalue weighted by molar-refractivity contribution is -0.190. The smallest absolute Gasteiger partial charge is 0.358 e. The Morgan fingerprint density at radius 3 is 2.58 bits per heavy atom. The number of benzene rings is 2. The van der Waals surface area contributed by atoms with Crippen molar-refractivity contribution in [2.45, 2.75) is 45.4 Å². The van der Waals surface area contributed by atoms with Gasteiger partial charge >= 0.3 is 11.9 Å². The first kappa shape index (κ1) is 25.9. The summed E-state index contributed by atoms with van der Waals surface area (Å²) in [7, 11) is 1.52. The van der Waals surface area contributed by atoms with E-state index >= 15 is 0 Å². The minimum Gasteiger partial charge on any atom is -0.425 e. The van der Waals surface area contributed by atoms with Gasteiger partial charge in [0.05, 0.1) is 12.0 Å². The molecule has 2 aliphatic heterocycles. The lowest BCUT2D eigenvalue weighted by Crippen LogP contribution is -2.64. The van der Waals surface area contributed by atoms with E-state index in [9.17, 15) is 14.4 Å². The van der Waals surface area contributed by atoms with Crippen LogP contribution in [-0.2, 0) is 28.6 Å². The quantitative estimate of drug-likeness (QED) is 0.241. The van der Waals surface area contributed by atoms with Gasteiger partial charge in [0, 0.05) is 26.0 Å². The van der Waals surface area contributed by atoms with Gasteiger partial charge in [-0.1, -0.05) is 36.4 Å². The van der Waals surface area contributed by atoms with E-state index in [1.165, 1.54) is 30.7 Å². The maximum atomic E-state index is 13.1. The van der Waals surface area contributed by atoms with E-state index in [0.717, 1.165) is 16.3 Å². The van der Waals surface area contributed by atoms with E-state index in [0.29, 0.717) is 11.3 Å². The van der Waals surface area contributed by atoms with Gasteiger partial charge < -0.3 is 14.2 Å². The summed E-state index contributed by atoms with van der Waals surface area (Å²) < 4.78 is 15.9. The predicted octanol–water partition coefficient (Wildman–Crippen LogP) is 3.92. The Morgan fingerprint density at radius 2 is 1.89 bits per heavy atom. The normalized spacial score (nSPS) is 20.8. The Bertz CT molecular complexity index is 1250. The first-order valence-corrected chi connectivity index (χ1v) is 12.7. The summed E-state index contributed by atoms with van der Waals surface area (Å²) >= 11 is 1.52. The number of methoxy groups -OCH3 is 1. The molecule has 0 saturated carbocycles. The molecule has 2 aromatic rings. The molecule has 0 N–H and O–H groups in total. The van der Waals surface area contributed by atoms with Crippen LogP contribution in [0.25, 0.3) is 10.8 Å². The molecule has 1 fully saturated rings. The standard InChI is InChI=1S/C27H30N2O6S/c1-16(35-26(32)27(2,3)4)34-25(31)22-20(14-33-5)15-36-24-21(23(30)29(22)24)28-13-17-10-11-18-8-6-7-9-19(18)12-17/h6-13,16,21,24H,14-15H2,1-5H3/b28-13+/t16?,21?,24-/m1/s1. The summed E-state index contributed by atoms with van der Waals surface area (Å²) in [6, 6.07) is 13.4. The number of esters is 2. The van der Waals surface area contributed by atoms with Crippen LogP contribution in [0.2, 0.25) is 0 Å². The SMILES string of the molecule is COCC1=C(C(=O)OC(C)OC(=O)C(C)(C)C)N2C(=O)C(/N=C/c3ccc4ccccc4c3)[C@H]2SC1. The van der Waals surface area contributed by atoms with Crippen molar-refractivity contribution in [3.63, 3.8) is 0 Å². The Hall–Kier alpha value is -3.17. The van der Waals surface area contributed by atoms with Gasteiger partial charge in [-0.25, -0.2) is 4.79 Å². The van der Waals surface area contributed by atoms with E-state index in [1.54, 1.807) is 27.0 Å². The van der Waals surface area contributed by atoms with E-state index in [-0.39, 0.29) is 23.6 Å². The highest BCUT2D eigenvalue weighted by Gasteiger charge is 2.54. The van der Waals surface area contributed by atoms with Crippen molar-refractivity contribution in [2.24, 2.45) is 10.4 Å². The Balaban J connectivity index is 1.49. The maximum Gasteiger partial charge on any atom is 0.358 e. The number of thioether (sulfide) groups is 1. The minimum atomic E-state index is -1.10. The lowest BCUT2D eigenvalue weighted by atomic mass is 9.97. The van der Waals surface area contributed by atoms with Crippen LogP contribution in [0, 0.1) is 5.41 Å². The number of aliphatic imine (C=N–C) groups is 1. The summed E-state index contributed by atoms with van der Waals surface area (Å²) in [5.74, 6) is -1.02. The van der Waals surface area contributed by atoms with Crippen LogP contribution in [0.4, 0.5) is 0 Å². The zero-order valence-corrected chi connectivity index (χ0v) is 21.8. The number of amides is 1. The van der Waals surface area contributed by atoms with Gasteiger partial charge in [-0.3, -0.25) is 19.5 Å². The number of ether oxygens (including phenoxy) is 3. The first-order valence-electron chi connectivity index (χ1n) is 11.7. The number of fused-ring (bicyclic) bond motifs is 2. The molecule has 3 atom stereocenters. The van der Waals surface area contributed by atoms with Crippen LogP contribution >= 0.6 is 11.8 Å². The van der Waals surface area contributed by atoms with Crippen molar-refractivity contribution in [2.75, 3.05) is 19.5 Å². The van der Waals surface area contributed by atoms with Gasteiger partial charge in [0.1, 0.15) is 11.1 Å². The number of hydrogen-bond acceptors (Lipinski definition) is 8. The summed E-state index contributed by atoms with van der Waals surface area (Å²) in [5, 5.41) is 1.89. The van der Waals surface area contributed by atoms with E-state index in [1.807, 2.05) is 42.5 Å². The van der Waals surface area contributed by atoms with Crippen molar-refractivity contribution in [3.8, 4) is 0 Å². The largest absolute Gasteiger partial charge is 0.425 e. The molecule has 0 bridgehead atoms. The van der Waals surface area contributed by atoms with Crippen LogP contribution in [-0.4, -0.2) is 66.1 Å². The summed E-state index contributed by atoms with van der Waals surface area (Å²) in [5.41, 5.74) is 0.938. The van der Waals surface area contributed by atoms with Gasteiger partial charge in [0.25, 0.3) is 5.91 Å². The molecular formula is C27H30N2O6S. The molecule has 9 heteroatoms. The van der Waals surface area contributed by atoms with Gasteiger partial charge in [-0.2, -0.15) is 0 Å². The third kappa shape index (κ3) is 5.32. The van der Waals surface area contributed by atoms with E-state index in [4.69, 9.17) is 14.2 Å². The van der Waals surface area contributed by atoms with Gasteiger partial charge in [-0.05, 0) is 48.7 Å². The molecule has 2 aliphatic rings. The molecule has 0 aromatic heterocycles. The molecule has 0 aliphatic carbocycles. The number of nitrogens with zero attached hydrogens (tertiary/aromatic N) is 2. The third-order valence-corrected chi connectivity index (χ3v) is 7.17. The molecule has 0 radical (unpaired) electrons. The molecule has 2 aromatic carbocycles. The average Bonchev–Trinajstić information content (AvgIpc) is 2.83. The molecule has 190 valence electrons. The van der Waals surface area contributed by atoms with Crippen molar-refractivity contribution in [3.05, 3.63) is 59.3 Å². The predicted molar refractivity (Wildman–Crippen MR) is 138 cm³/mol. The number of β-lactam (4-membered cyclic amide) rings is 1. The number of hydrogen-bond donors (Lipinski definition) is 0. The van der Waals surface area contributed by atoms with Gasteiger partial charge in [0.15, 0.2) is 6.04 Å². The highest BCUT2D eigenvalue weighted by Crippen LogP contribution is 2.42. The summed E-state index contributed by atoms with van der Waals surface area (Å²) in [6.45, 7) is 6.78. The van der Waals surface area contributed by atoms with Crippen LogP contribution in [0.15, 0.2) is 58.7 Å². The second-order valence-electron chi connectivity index (χ2n) is 9.75. The molecule has 4 rings (SSSR count). The van der Waals surface area contributed by atoms with Crippen LogP contribution in [0.5, 0.6) is 0 Å². The second kappa shape index (κ2) is 10.4. The number of rotatable bonds is 7. The molecule has 0 spiro atoms. The molecule has 2 unspecified atom stereocenters.